The van der Waals surface area contributed by atoms with Crippen molar-refractivity contribution in [3.63, 3.8) is 0 Å². The quantitative estimate of drug-likeness (QED) is 0.644. The molecule has 0 bridgehead atoms. The van der Waals surface area contributed by atoms with Gasteiger partial charge in [0.1, 0.15) is 5.75 Å². The summed E-state index contributed by atoms with van der Waals surface area (Å²) in [5.74, 6) is -0.0842. The van der Waals surface area contributed by atoms with Crippen LogP contribution in [0.25, 0.3) is 0 Å². The van der Waals surface area contributed by atoms with Crippen molar-refractivity contribution in [3.05, 3.63) is 23.8 Å². The Morgan fingerprint density at radius 3 is 2.50 bits per heavy atom. The van der Waals surface area contributed by atoms with Crippen molar-refractivity contribution in [3.8, 4) is 5.75 Å². The second kappa shape index (κ2) is 5.35. The topological polar surface area (TPSA) is 66.6 Å². The Kier molecular flexibility index (Phi) is 3.93. The molecule has 1 aromatic carbocycles. The van der Waals surface area contributed by atoms with Crippen LogP contribution in [0.1, 0.15) is 49.9 Å². The molecule has 1 aliphatic carbocycles. The number of nitrogens with zero attached hydrogens (tertiary/aromatic N) is 1. The summed E-state index contributed by atoms with van der Waals surface area (Å²) in [6, 6.07) is 4.97. The SMILES string of the molecule is CN(C(=O)c1ccc(N)c(O)c1)C1CCC(C)(C)CC1. The fourth-order valence-corrected chi connectivity index (χ4v) is 2.82. The van der Waals surface area contributed by atoms with Crippen molar-refractivity contribution in [2.24, 2.45) is 5.41 Å². The van der Waals surface area contributed by atoms with Crippen molar-refractivity contribution in [1.29, 1.82) is 0 Å². The average molecular weight is 276 g/mol. The van der Waals surface area contributed by atoms with Crippen LogP contribution in [0, 0.1) is 5.41 Å². The zero-order valence-corrected chi connectivity index (χ0v) is 12.5. The third-order valence-corrected chi connectivity index (χ3v) is 4.45. The number of hydrogen-bond acceptors (Lipinski definition) is 3. The summed E-state index contributed by atoms with van der Waals surface area (Å²) in [6.45, 7) is 4.56. The Hall–Kier alpha value is -1.71. The van der Waals surface area contributed by atoms with E-state index in [1.807, 2.05) is 7.05 Å². The lowest BCUT2D eigenvalue weighted by Crippen LogP contribution is -2.40. The van der Waals surface area contributed by atoms with E-state index in [0.29, 0.717) is 16.7 Å². The Morgan fingerprint density at radius 1 is 1.35 bits per heavy atom. The number of nitrogen functional groups attached to an aromatic ring is 1. The highest BCUT2D eigenvalue weighted by atomic mass is 16.3. The van der Waals surface area contributed by atoms with E-state index in [1.54, 1.807) is 17.0 Å². The van der Waals surface area contributed by atoms with Crippen LogP contribution in [0.4, 0.5) is 5.69 Å². The maximum Gasteiger partial charge on any atom is 0.253 e. The molecule has 0 saturated heterocycles. The molecule has 0 aromatic heterocycles. The van der Waals surface area contributed by atoms with Crippen molar-refractivity contribution in [2.45, 2.75) is 45.6 Å². The fourth-order valence-electron chi connectivity index (χ4n) is 2.82. The van der Waals surface area contributed by atoms with Crippen LogP contribution in [0.5, 0.6) is 5.75 Å². The molecule has 20 heavy (non-hydrogen) atoms. The summed E-state index contributed by atoms with van der Waals surface area (Å²) in [4.78, 5) is 14.2. The standard InChI is InChI=1S/C16H24N2O2/c1-16(2)8-6-12(7-9-16)18(3)15(20)11-4-5-13(17)14(19)10-11/h4-5,10,12,19H,6-9,17H2,1-3H3. The highest BCUT2D eigenvalue weighted by Gasteiger charge is 2.30. The Balaban J connectivity index is 2.07. The van der Waals surface area contributed by atoms with Crippen LogP contribution >= 0.6 is 0 Å². The molecule has 2 rings (SSSR count). The molecular formula is C16H24N2O2. The number of rotatable bonds is 2. The number of aromatic hydroxyl groups is 1. The van der Waals surface area contributed by atoms with Gasteiger partial charge in [0.25, 0.3) is 5.91 Å². The van der Waals surface area contributed by atoms with E-state index in [9.17, 15) is 9.90 Å². The highest BCUT2D eigenvalue weighted by Crippen LogP contribution is 2.37. The van der Waals surface area contributed by atoms with Crippen LogP contribution in [-0.4, -0.2) is 29.0 Å². The zero-order chi connectivity index (χ0) is 14.9. The molecule has 0 unspecified atom stereocenters. The van der Waals surface area contributed by atoms with E-state index in [0.717, 1.165) is 25.7 Å². The van der Waals surface area contributed by atoms with Gasteiger partial charge in [-0.1, -0.05) is 13.8 Å². The van der Waals surface area contributed by atoms with E-state index in [1.165, 1.54) is 6.07 Å². The van der Waals surface area contributed by atoms with Gasteiger partial charge in [-0.2, -0.15) is 0 Å². The third-order valence-electron chi connectivity index (χ3n) is 4.45. The molecular weight excluding hydrogens is 252 g/mol. The summed E-state index contributed by atoms with van der Waals surface area (Å²) >= 11 is 0. The number of anilines is 1. The van der Waals surface area contributed by atoms with Crippen LogP contribution in [0.15, 0.2) is 18.2 Å². The van der Waals surface area contributed by atoms with Crippen LogP contribution in [-0.2, 0) is 0 Å². The summed E-state index contributed by atoms with van der Waals surface area (Å²) < 4.78 is 0. The lowest BCUT2D eigenvalue weighted by Gasteiger charge is -2.38. The van der Waals surface area contributed by atoms with Gasteiger partial charge in [0.2, 0.25) is 0 Å². The molecule has 0 atom stereocenters. The molecule has 1 aliphatic rings. The fraction of sp³-hybridized carbons (Fsp3) is 0.562. The molecule has 1 aromatic rings. The number of carbonyl (C=O) groups excluding carboxylic acids is 1. The van der Waals surface area contributed by atoms with Crippen LogP contribution < -0.4 is 5.73 Å². The van der Waals surface area contributed by atoms with E-state index in [2.05, 4.69) is 13.8 Å². The molecule has 0 radical (unpaired) electrons. The van der Waals surface area contributed by atoms with Gasteiger partial charge >= 0.3 is 0 Å². The number of phenolic OH excluding ortho intramolecular Hbond substituents is 1. The molecule has 1 amide bonds. The van der Waals surface area contributed by atoms with Gasteiger partial charge in [-0.05, 0) is 49.3 Å². The van der Waals surface area contributed by atoms with Crippen molar-refractivity contribution >= 4 is 11.6 Å². The average Bonchev–Trinajstić information content (AvgIpc) is 2.40. The van der Waals surface area contributed by atoms with Crippen molar-refractivity contribution < 1.29 is 9.90 Å². The molecule has 1 saturated carbocycles. The Morgan fingerprint density at radius 2 is 1.95 bits per heavy atom. The first kappa shape index (κ1) is 14.7. The summed E-state index contributed by atoms with van der Waals surface area (Å²) in [6.07, 6.45) is 4.36. The molecule has 0 heterocycles. The molecule has 4 heteroatoms. The normalized spacial score (nSPS) is 18.8. The van der Waals surface area contributed by atoms with E-state index < -0.39 is 0 Å². The molecule has 1 fully saturated rings. The summed E-state index contributed by atoms with van der Waals surface area (Å²) in [5, 5.41) is 9.61. The predicted octanol–water partition coefficient (Wildman–Crippen LogP) is 3.02. The second-order valence-electron chi connectivity index (χ2n) is 6.59. The molecule has 3 N–H and O–H groups in total. The van der Waals surface area contributed by atoms with Crippen LogP contribution in [0.3, 0.4) is 0 Å². The van der Waals surface area contributed by atoms with Gasteiger partial charge in [-0.3, -0.25) is 4.79 Å². The maximum atomic E-state index is 12.4. The predicted molar refractivity (Wildman–Crippen MR) is 80.6 cm³/mol. The van der Waals surface area contributed by atoms with E-state index in [-0.39, 0.29) is 17.7 Å². The molecule has 110 valence electrons. The number of carbonyl (C=O) groups is 1. The lowest BCUT2D eigenvalue weighted by atomic mass is 9.75. The Bertz CT molecular complexity index is 501. The van der Waals surface area contributed by atoms with Gasteiger partial charge in [0, 0.05) is 18.7 Å². The first-order valence-electron chi connectivity index (χ1n) is 7.16. The highest BCUT2D eigenvalue weighted by molar-refractivity contribution is 5.95. The number of nitrogens with two attached hydrogens (primary N) is 1. The number of amides is 1. The number of phenols is 1. The zero-order valence-electron chi connectivity index (χ0n) is 12.5. The monoisotopic (exact) mass is 276 g/mol. The minimum absolute atomic E-state index is 0.0333. The Labute approximate surface area is 120 Å². The lowest BCUT2D eigenvalue weighted by molar-refractivity contribution is 0.0635. The molecule has 0 spiro atoms. The van der Waals surface area contributed by atoms with Gasteiger partial charge in [-0.25, -0.2) is 0 Å². The van der Waals surface area contributed by atoms with Gasteiger partial charge < -0.3 is 15.7 Å². The number of benzene rings is 1. The third kappa shape index (κ3) is 3.06. The largest absolute Gasteiger partial charge is 0.506 e. The van der Waals surface area contributed by atoms with Crippen LogP contribution in [0.2, 0.25) is 0 Å². The van der Waals surface area contributed by atoms with E-state index in [4.69, 9.17) is 5.73 Å². The first-order chi connectivity index (χ1) is 9.30. The summed E-state index contributed by atoms with van der Waals surface area (Å²) in [7, 11) is 1.85. The van der Waals surface area contributed by atoms with Gasteiger partial charge in [-0.15, -0.1) is 0 Å². The number of hydrogen-bond donors (Lipinski definition) is 2. The summed E-state index contributed by atoms with van der Waals surface area (Å²) in [5.41, 5.74) is 6.74. The van der Waals surface area contributed by atoms with Gasteiger partial charge in [0.05, 0.1) is 5.69 Å². The molecule has 0 aliphatic heterocycles. The van der Waals surface area contributed by atoms with Crippen molar-refractivity contribution in [1.82, 2.24) is 4.90 Å². The maximum absolute atomic E-state index is 12.4. The molecule has 4 nitrogen and oxygen atoms in total. The smallest absolute Gasteiger partial charge is 0.253 e. The van der Waals surface area contributed by atoms with Crippen molar-refractivity contribution in [2.75, 3.05) is 12.8 Å². The van der Waals surface area contributed by atoms with E-state index >= 15 is 0 Å². The second-order valence-corrected chi connectivity index (χ2v) is 6.59. The minimum Gasteiger partial charge on any atom is -0.506 e. The minimum atomic E-state index is -0.0509. The van der Waals surface area contributed by atoms with Gasteiger partial charge in [0.15, 0.2) is 0 Å². The first-order valence-corrected chi connectivity index (χ1v) is 7.16.